The van der Waals surface area contributed by atoms with Crippen LogP contribution in [0.3, 0.4) is 0 Å². The molecule has 16 heavy (non-hydrogen) atoms. The molecule has 0 saturated carbocycles. The van der Waals surface area contributed by atoms with Gasteiger partial charge in [-0.05, 0) is 36.8 Å². The summed E-state index contributed by atoms with van der Waals surface area (Å²) in [6, 6.07) is 14.3. The molecule has 1 aromatic carbocycles. The number of rotatable bonds is 3. The van der Waals surface area contributed by atoms with Crippen molar-refractivity contribution in [2.24, 2.45) is 5.73 Å². The van der Waals surface area contributed by atoms with E-state index in [1.165, 1.54) is 4.90 Å². The molecule has 1 heterocycles. The van der Waals surface area contributed by atoms with Crippen molar-refractivity contribution in [1.82, 2.24) is 4.98 Å². The van der Waals surface area contributed by atoms with Crippen molar-refractivity contribution < 1.29 is 0 Å². The van der Waals surface area contributed by atoms with Crippen LogP contribution in [0.1, 0.15) is 18.5 Å². The van der Waals surface area contributed by atoms with Crippen LogP contribution in [0.15, 0.2) is 58.6 Å². The highest BCUT2D eigenvalue weighted by atomic mass is 32.2. The first kappa shape index (κ1) is 11.2. The highest BCUT2D eigenvalue weighted by Gasteiger charge is 2.02. The lowest BCUT2D eigenvalue weighted by Crippen LogP contribution is -2.04. The third-order valence-electron chi connectivity index (χ3n) is 2.25. The molecule has 2 N–H and O–H groups in total. The Morgan fingerprint density at radius 3 is 2.62 bits per heavy atom. The van der Waals surface area contributed by atoms with Gasteiger partial charge < -0.3 is 5.73 Å². The van der Waals surface area contributed by atoms with Crippen molar-refractivity contribution in [1.29, 1.82) is 0 Å². The second kappa shape index (κ2) is 5.14. The lowest BCUT2D eigenvalue weighted by molar-refractivity contribution is 0.808. The van der Waals surface area contributed by atoms with Crippen molar-refractivity contribution >= 4 is 11.8 Å². The van der Waals surface area contributed by atoms with E-state index in [0.29, 0.717) is 0 Å². The predicted molar refractivity (Wildman–Crippen MR) is 67.4 cm³/mol. The molecule has 0 aliphatic rings. The van der Waals surface area contributed by atoms with Crippen molar-refractivity contribution in [3.63, 3.8) is 0 Å². The number of aromatic nitrogens is 1. The standard InChI is InChI=1S/C13H14N2S/c1-10(14)11-7-8-15-13(9-11)16-12-5-3-2-4-6-12/h2-10H,14H2,1H3/t10-/m1/s1. The van der Waals surface area contributed by atoms with E-state index in [1.54, 1.807) is 11.8 Å². The van der Waals surface area contributed by atoms with Crippen LogP contribution in [0.25, 0.3) is 0 Å². The molecule has 0 aliphatic carbocycles. The monoisotopic (exact) mass is 230 g/mol. The van der Waals surface area contributed by atoms with Crippen LogP contribution >= 0.6 is 11.8 Å². The molecule has 1 aromatic heterocycles. The fraction of sp³-hybridized carbons (Fsp3) is 0.154. The number of benzene rings is 1. The minimum absolute atomic E-state index is 0.0538. The van der Waals surface area contributed by atoms with Gasteiger partial charge in [0.1, 0.15) is 5.03 Å². The zero-order valence-corrected chi connectivity index (χ0v) is 9.95. The van der Waals surface area contributed by atoms with Crippen LogP contribution in [0.4, 0.5) is 0 Å². The summed E-state index contributed by atoms with van der Waals surface area (Å²) in [6.07, 6.45) is 1.81. The minimum atomic E-state index is 0.0538. The zero-order chi connectivity index (χ0) is 11.4. The Hall–Kier alpha value is -1.32. The molecular formula is C13H14N2S. The maximum absolute atomic E-state index is 5.84. The lowest BCUT2D eigenvalue weighted by Gasteiger charge is -2.06. The Bertz CT molecular complexity index is 454. The topological polar surface area (TPSA) is 38.9 Å². The van der Waals surface area contributed by atoms with E-state index in [0.717, 1.165) is 10.6 Å². The normalized spacial score (nSPS) is 12.4. The van der Waals surface area contributed by atoms with Crippen LogP contribution in [0, 0.1) is 0 Å². The second-order valence-electron chi connectivity index (χ2n) is 3.63. The van der Waals surface area contributed by atoms with Gasteiger partial charge >= 0.3 is 0 Å². The lowest BCUT2D eigenvalue weighted by atomic mass is 10.1. The number of nitrogens with two attached hydrogens (primary N) is 1. The van der Waals surface area contributed by atoms with Gasteiger partial charge in [0.05, 0.1) is 0 Å². The molecule has 0 saturated heterocycles. The molecule has 2 rings (SSSR count). The van der Waals surface area contributed by atoms with Gasteiger partial charge in [-0.1, -0.05) is 30.0 Å². The summed E-state index contributed by atoms with van der Waals surface area (Å²) >= 11 is 1.65. The summed E-state index contributed by atoms with van der Waals surface area (Å²) in [5, 5.41) is 0.987. The summed E-state index contributed by atoms with van der Waals surface area (Å²) in [6.45, 7) is 1.98. The summed E-state index contributed by atoms with van der Waals surface area (Å²) in [7, 11) is 0. The summed E-state index contributed by atoms with van der Waals surface area (Å²) in [4.78, 5) is 5.52. The molecule has 3 heteroatoms. The first-order valence-corrected chi connectivity index (χ1v) is 6.02. The van der Waals surface area contributed by atoms with Gasteiger partial charge in [0.15, 0.2) is 0 Å². The minimum Gasteiger partial charge on any atom is -0.324 e. The van der Waals surface area contributed by atoms with Crippen molar-refractivity contribution in [3.8, 4) is 0 Å². The van der Waals surface area contributed by atoms with Gasteiger partial charge in [-0.15, -0.1) is 0 Å². The van der Waals surface area contributed by atoms with E-state index in [-0.39, 0.29) is 6.04 Å². The van der Waals surface area contributed by atoms with Gasteiger partial charge in [-0.3, -0.25) is 0 Å². The van der Waals surface area contributed by atoms with Gasteiger partial charge in [-0.25, -0.2) is 4.98 Å². The fourth-order valence-electron chi connectivity index (χ4n) is 1.37. The van der Waals surface area contributed by atoms with Crippen LogP contribution in [0.5, 0.6) is 0 Å². The van der Waals surface area contributed by atoms with E-state index < -0.39 is 0 Å². The molecule has 0 aliphatic heterocycles. The summed E-state index contributed by atoms with van der Waals surface area (Å²) in [5.41, 5.74) is 6.96. The van der Waals surface area contributed by atoms with Gasteiger partial charge in [-0.2, -0.15) is 0 Å². The quantitative estimate of drug-likeness (QED) is 0.879. The Morgan fingerprint density at radius 2 is 1.94 bits per heavy atom. The van der Waals surface area contributed by atoms with Gasteiger partial charge in [0.25, 0.3) is 0 Å². The number of hydrogen-bond acceptors (Lipinski definition) is 3. The molecule has 0 amide bonds. The number of nitrogens with zero attached hydrogens (tertiary/aromatic N) is 1. The van der Waals surface area contributed by atoms with E-state index in [1.807, 2.05) is 43.5 Å². The third-order valence-corrected chi connectivity index (χ3v) is 3.19. The first-order chi connectivity index (χ1) is 7.75. The molecule has 82 valence electrons. The second-order valence-corrected chi connectivity index (χ2v) is 4.73. The molecule has 0 bridgehead atoms. The van der Waals surface area contributed by atoms with Gasteiger partial charge in [0.2, 0.25) is 0 Å². The molecule has 0 unspecified atom stereocenters. The third kappa shape index (κ3) is 2.84. The van der Waals surface area contributed by atoms with Crippen molar-refractivity contribution in [3.05, 3.63) is 54.2 Å². The Labute approximate surface area is 99.9 Å². The Balaban J connectivity index is 2.19. The molecule has 2 aromatic rings. The van der Waals surface area contributed by atoms with E-state index >= 15 is 0 Å². The molecule has 0 spiro atoms. The highest BCUT2D eigenvalue weighted by Crippen LogP contribution is 2.26. The molecule has 0 radical (unpaired) electrons. The largest absolute Gasteiger partial charge is 0.324 e. The molecular weight excluding hydrogens is 216 g/mol. The van der Waals surface area contributed by atoms with Crippen LogP contribution in [0.2, 0.25) is 0 Å². The zero-order valence-electron chi connectivity index (χ0n) is 9.13. The van der Waals surface area contributed by atoms with Gasteiger partial charge in [0, 0.05) is 17.1 Å². The Kier molecular flexibility index (Phi) is 3.59. The van der Waals surface area contributed by atoms with Crippen LogP contribution in [-0.4, -0.2) is 4.98 Å². The Morgan fingerprint density at radius 1 is 1.19 bits per heavy atom. The first-order valence-electron chi connectivity index (χ1n) is 5.20. The maximum atomic E-state index is 5.84. The van der Waals surface area contributed by atoms with Crippen LogP contribution < -0.4 is 5.73 Å². The SMILES string of the molecule is C[C@@H](N)c1ccnc(Sc2ccccc2)c1. The van der Waals surface area contributed by atoms with Crippen LogP contribution in [-0.2, 0) is 0 Å². The molecule has 2 nitrogen and oxygen atoms in total. The summed E-state index contributed by atoms with van der Waals surface area (Å²) < 4.78 is 0. The average Bonchev–Trinajstić information content (AvgIpc) is 2.30. The van der Waals surface area contributed by atoms with E-state index in [4.69, 9.17) is 5.73 Å². The predicted octanol–water partition coefficient (Wildman–Crippen LogP) is 3.25. The fourth-order valence-corrected chi connectivity index (χ4v) is 2.22. The summed E-state index contributed by atoms with van der Waals surface area (Å²) in [5.74, 6) is 0. The number of hydrogen-bond donors (Lipinski definition) is 1. The average molecular weight is 230 g/mol. The van der Waals surface area contributed by atoms with E-state index in [2.05, 4.69) is 17.1 Å². The molecule has 1 atom stereocenters. The van der Waals surface area contributed by atoms with Crippen molar-refractivity contribution in [2.45, 2.75) is 22.9 Å². The molecule has 0 fully saturated rings. The maximum Gasteiger partial charge on any atom is 0.101 e. The smallest absolute Gasteiger partial charge is 0.101 e. The number of pyridine rings is 1. The van der Waals surface area contributed by atoms with E-state index in [9.17, 15) is 0 Å². The van der Waals surface area contributed by atoms with Crippen molar-refractivity contribution in [2.75, 3.05) is 0 Å². The highest BCUT2D eigenvalue weighted by molar-refractivity contribution is 7.99.